The Morgan fingerprint density at radius 1 is 1.35 bits per heavy atom. The highest BCUT2D eigenvalue weighted by molar-refractivity contribution is 5.93. The number of hydrogen-bond acceptors (Lipinski definition) is 5. The Kier molecular flexibility index (Phi) is 4.89. The lowest BCUT2D eigenvalue weighted by Gasteiger charge is -2.21. The monoisotopic (exact) mass is 423 g/mol. The molecule has 0 radical (unpaired) electrons. The van der Waals surface area contributed by atoms with Crippen LogP contribution in [-0.2, 0) is 4.79 Å². The Hall–Kier alpha value is -3.00. The minimum absolute atomic E-state index is 0.00134. The third-order valence-electron chi connectivity index (χ3n) is 5.96. The van der Waals surface area contributed by atoms with Gasteiger partial charge in [-0.3, -0.25) is 9.78 Å². The second kappa shape index (κ2) is 7.60. The average molecular weight is 423 g/mol. The fraction of sp³-hybridized carbons (Fsp3) is 0.435. The number of carbonyl (C=O) groups is 1. The first-order valence-electron chi connectivity index (χ1n) is 10.7. The van der Waals surface area contributed by atoms with Gasteiger partial charge >= 0.3 is 0 Å². The lowest BCUT2D eigenvalue weighted by Crippen LogP contribution is -2.34. The lowest BCUT2D eigenvalue weighted by molar-refractivity contribution is -0.117. The van der Waals surface area contributed by atoms with Crippen LogP contribution in [0.5, 0.6) is 5.75 Å². The summed E-state index contributed by atoms with van der Waals surface area (Å²) in [6.07, 6.45) is 5.87. The first-order chi connectivity index (χ1) is 14.9. The summed E-state index contributed by atoms with van der Waals surface area (Å²) in [6, 6.07) is 7.71. The van der Waals surface area contributed by atoms with Crippen LogP contribution in [0.2, 0.25) is 0 Å². The summed E-state index contributed by atoms with van der Waals surface area (Å²) in [7, 11) is 1.92. The first-order valence-corrected chi connectivity index (χ1v) is 10.7. The Morgan fingerprint density at radius 2 is 2.19 bits per heavy atom. The zero-order valence-electron chi connectivity index (χ0n) is 17.8. The van der Waals surface area contributed by atoms with Crippen molar-refractivity contribution in [3.8, 4) is 16.9 Å². The van der Waals surface area contributed by atoms with E-state index in [4.69, 9.17) is 4.74 Å². The van der Waals surface area contributed by atoms with Crippen molar-refractivity contribution in [2.45, 2.75) is 31.9 Å². The zero-order chi connectivity index (χ0) is 21.6. The van der Waals surface area contributed by atoms with Crippen molar-refractivity contribution in [3.63, 3.8) is 0 Å². The van der Waals surface area contributed by atoms with E-state index in [1.54, 1.807) is 10.7 Å². The van der Waals surface area contributed by atoms with Crippen molar-refractivity contribution in [3.05, 3.63) is 42.4 Å². The standard InChI is InChI=1S/C23H26FN5O2/c1-15-9-19(20(12-25-15)31-14-23(24)6-8-28(2)13-23)17-5-7-29-18(10-17)11-21(27-29)26-22(30)16-3-4-16/h5,7,9-12,16H,3-4,6,8,13-14H2,1-2H3,(H,26,27,30)/t23-/m0/s1. The number of alkyl halides is 1. The molecule has 31 heavy (non-hydrogen) atoms. The van der Waals surface area contributed by atoms with Crippen molar-refractivity contribution in [1.29, 1.82) is 0 Å². The fourth-order valence-corrected chi connectivity index (χ4v) is 4.04. The SMILES string of the molecule is Cc1cc(-c2ccn3nc(NC(=O)C4CC4)cc3c2)c(OC[C@]2(F)CCN(C)C2)cn1. The quantitative estimate of drug-likeness (QED) is 0.657. The molecule has 4 heterocycles. The minimum Gasteiger partial charge on any atom is -0.488 e. The molecule has 1 atom stereocenters. The first kappa shape index (κ1) is 19.9. The third kappa shape index (κ3) is 4.25. The van der Waals surface area contributed by atoms with Gasteiger partial charge in [-0.25, -0.2) is 8.91 Å². The van der Waals surface area contributed by atoms with E-state index in [9.17, 15) is 4.79 Å². The molecule has 2 aliphatic rings. The van der Waals surface area contributed by atoms with Crippen molar-refractivity contribution in [2.75, 3.05) is 32.1 Å². The summed E-state index contributed by atoms with van der Waals surface area (Å²) in [5.41, 5.74) is 2.13. The van der Waals surface area contributed by atoms with E-state index in [1.807, 2.05) is 49.3 Å². The van der Waals surface area contributed by atoms with Gasteiger partial charge in [0.1, 0.15) is 12.4 Å². The molecule has 5 rings (SSSR count). The Labute approximate surface area is 180 Å². The molecule has 1 saturated carbocycles. The number of aromatic nitrogens is 3. The molecule has 3 aromatic rings. The van der Waals surface area contributed by atoms with Crippen LogP contribution in [0, 0.1) is 12.8 Å². The van der Waals surface area contributed by atoms with Crippen LogP contribution in [0.25, 0.3) is 16.6 Å². The van der Waals surface area contributed by atoms with Crippen LogP contribution in [0.3, 0.4) is 0 Å². The predicted octanol–water partition coefficient (Wildman–Crippen LogP) is 3.48. The molecule has 1 N–H and O–H groups in total. The molecule has 2 fully saturated rings. The summed E-state index contributed by atoms with van der Waals surface area (Å²) in [6.45, 7) is 3.02. The predicted molar refractivity (Wildman–Crippen MR) is 116 cm³/mol. The summed E-state index contributed by atoms with van der Waals surface area (Å²) in [4.78, 5) is 18.4. The number of halogens is 1. The number of ether oxygens (including phenoxy) is 1. The fourth-order valence-electron chi connectivity index (χ4n) is 4.04. The Morgan fingerprint density at radius 3 is 2.94 bits per heavy atom. The number of likely N-dealkylation sites (tertiary alicyclic amines) is 1. The summed E-state index contributed by atoms with van der Waals surface area (Å²) < 4.78 is 22.7. The van der Waals surface area contributed by atoms with E-state index in [-0.39, 0.29) is 18.4 Å². The third-order valence-corrected chi connectivity index (χ3v) is 5.96. The summed E-state index contributed by atoms with van der Waals surface area (Å²) in [5, 5.41) is 7.31. The smallest absolute Gasteiger partial charge is 0.228 e. The molecular weight excluding hydrogens is 397 g/mol. The van der Waals surface area contributed by atoms with Crippen molar-refractivity contribution < 1.29 is 13.9 Å². The molecule has 8 heteroatoms. The van der Waals surface area contributed by atoms with Gasteiger partial charge in [0.05, 0.1) is 11.7 Å². The number of nitrogens with one attached hydrogen (secondary N) is 1. The van der Waals surface area contributed by atoms with E-state index in [0.717, 1.165) is 41.7 Å². The molecule has 0 spiro atoms. The maximum atomic E-state index is 15.0. The number of anilines is 1. The van der Waals surface area contributed by atoms with E-state index >= 15 is 4.39 Å². The van der Waals surface area contributed by atoms with E-state index < -0.39 is 5.67 Å². The maximum Gasteiger partial charge on any atom is 0.228 e. The normalized spacial score (nSPS) is 21.5. The van der Waals surface area contributed by atoms with Crippen LogP contribution in [0.1, 0.15) is 25.0 Å². The molecule has 1 aliphatic heterocycles. The van der Waals surface area contributed by atoms with E-state index in [1.165, 1.54) is 0 Å². The lowest BCUT2D eigenvalue weighted by atomic mass is 10.1. The summed E-state index contributed by atoms with van der Waals surface area (Å²) in [5.74, 6) is 1.25. The minimum atomic E-state index is -1.35. The highest BCUT2D eigenvalue weighted by Gasteiger charge is 2.38. The second-order valence-electron chi connectivity index (χ2n) is 8.83. The van der Waals surface area contributed by atoms with Gasteiger partial charge in [0.25, 0.3) is 0 Å². The topological polar surface area (TPSA) is 71.8 Å². The molecule has 1 saturated heterocycles. The molecule has 0 unspecified atom stereocenters. The van der Waals surface area contributed by atoms with Crippen molar-refractivity contribution in [2.24, 2.45) is 5.92 Å². The average Bonchev–Trinajstić information content (AvgIpc) is 3.43. The van der Waals surface area contributed by atoms with Gasteiger partial charge in [0.2, 0.25) is 5.91 Å². The molecule has 1 aliphatic carbocycles. The van der Waals surface area contributed by atoms with Crippen LogP contribution >= 0.6 is 0 Å². The number of aryl methyl sites for hydroxylation is 1. The highest BCUT2D eigenvalue weighted by atomic mass is 19.1. The number of carbonyl (C=O) groups excluding carboxylic acids is 1. The second-order valence-corrected chi connectivity index (χ2v) is 8.83. The van der Waals surface area contributed by atoms with Crippen LogP contribution in [0.4, 0.5) is 10.2 Å². The number of rotatable bonds is 6. The number of hydrogen-bond donors (Lipinski definition) is 1. The molecule has 3 aromatic heterocycles. The molecule has 162 valence electrons. The van der Waals surface area contributed by atoms with Gasteiger partial charge in [0, 0.05) is 42.5 Å². The van der Waals surface area contributed by atoms with Gasteiger partial charge in [-0.2, -0.15) is 5.10 Å². The summed E-state index contributed by atoms with van der Waals surface area (Å²) >= 11 is 0. The Bertz CT molecular complexity index is 1140. The largest absolute Gasteiger partial charge is 0.488 e. The van der Waals surface area contributed by atoms with Crippen molar-refractivity contribution >= 4 is 17.2 Å². The number of amides is 1. The van der Waals surface area contributed by atoms with Gasteiger partial charge in [-0.05, 0) is 57.0 Å². The van der Waals surface area contributed by atoms with Gasteiger partial charge in [-0.15, -0.1) is 0 Å². The van der Waals surface area contributed by atoms with Gasteiger partial charge in [0.15, 0.2) is 11.5 Å². The molecule has 7 nitrogen and oxygen atoms in total. The van der Waals surface area contributed by atoms with Crippen LogP contribution in [0.15, 0.2) is 36.7 Å². The molecular formula is C23H26FN5O2. The van der Waals surface area contributed by atoms with E-state index in [0.29, 0.717) is 24.5 Å². The maximum absolute atomic E-state index is 15.0. The van der Waals surface area contributed by atoms with Gasteiger partial charge < -0.3 is 15.0 Å². The number of pyridine rings is 2. The van der Waals surface area contributed by atoms with Crippen LogP contribution < -0.4 is 10.1 Å². The van der Waals surface area contributed by atoms with Gasteiger partial charge in [-0.1, -0.05) is 0 Å². The highest BCUT2D eigenvalue weighted by Crippen LogP contribution is 2.34. The van der Waals surface area contributed by atoms with Crippen LogP contribution in [-0.4, -0.2) is 57.8 Å². The Balaban J connectivity index is 1.40. The number of fused-ring (bicyclic) bond motifs is 1. The molecule has 1 amide bonds. The number of nitrogens with zero attached hydrogens (tertiary/aromatic N) is 4. The van der Waals surface area contributed by atoms with Crippen molar-refractivity contribution in [1.82, 2.24) is 19.5 Å². The molecule has 0 aromatic carbocycles. The van der Waals surface area contributed by atoms with E-state index in [2.05, 4.69) is 15.4 Å². The molecule has 0 bridgehead atoms. The zero-order valence-corrected chi connectivity index (χ0v) is 17.8.